The fourth-order valence-corrected chi connectivity index (χ4v) is 4.02. The zero-order chi connectivity index (χ0) is 22.2. The molecular weight excluding hydrogens is 392 g/mol. The molecule has 1 atom stereocenters. The molecule has 0 aliphatic heterocycles. The molecule has 0 radical (unpaired) electrons. The van der Waals surface area contributed by atoms with Crippen molar-refractivity contribution in [2.45, 2.75) is 58.7 Å². The number of aryl methyl sites for hydroxylation is 1. The number of benzene rings is 2. The number of carbonyl (C=O) groups is 2. The molecule has 31 heavy (non-hydrogen) atoms. The van der Waals surface area contributed by atoms with Crippen molar-refractivity contribution in [3.05, 3.63) is 59.3 Å². The molecule has 0 saturated heterocycles. The lowest BCUT2D eigenvalue weighted by atomic mass is 9.85. The smallest absolute Gasteiger partial charge is 0.319 e. The number of amides is 2. The fraction of sp³-hybridized carbons (Fsp3) is 0.375. The molecule has 1 aliphatic carbocycles. The summed E-state index contributed by atoms with van der Waals surface area (Å²) in [6.45, 7) is 8.02. The maximum absolute atomic E-state index is 12.8. The molecular formula is C24H28N4O3. The monoisotopic (exact) mass is 420 g/mol. The van der Waals surface area contributed by atoms with Gasteiger partial charge in [0.2, 0.25) is 0 Å². The van der Waals surface area contributed by atoms with Crippen LogP contribution >= 0.6 is 0 Å². The van der Waals surface area contributed by atoms with Crippen molar-refractivity contribution in [2.24, 2.45) is 0 Å². The van der Waals surface area contributed by atoms with Gasteiger partial charge in [-0.2, -0.15) is 5.10 Å². The van der Waals surface area contributed by atoms with Crippen LogP contribution in [0.4, 0.5) is 10.5 Å². The van der Waals surface area contributed by atoms with Gasteiger partial charge in [0.1, 0.15) is 0 Å². The molecule has 2 N–H and O–H groups in total. The minimum absolute atomic E-state index is 0.00471. The van der Waals surface area contributed by atoms with Gasteiger partial charge in [0.05, 0.1) is 23.4 Å². The van der Waals surface area contributed by atoms with Crippen molar-refractivity contribution in [3.63, 3.8) is 0 Å². The van der Waals surface area contributed by atoms with Crippen LogP contribution in [0.1, 0.15) is 56.8 Å². The highest BCUT2D eigenvalue weighted by atomic mass is 16.5. The van der Waals surface area contributed by atoms with Gasteiger partial charge in [-0.15, -0.1) is 0 Å². The van der Waals surface area contributed by atoms with Crippen LogP contribution in [-0.2, 0) is 28.1 Å². The third-order valence-corrected chi connectivity index (χ3v) is 5.72. The Morgan fingerprint density at radius 2 is 2.03 bits per heavy atom. The highest BCUT2D eigenvalue weighted by molar-refractivity contribution is 6.00. The Hall–Kier alpha value is -3.35. The average molecular weight is 421 g/mol. The number of esters is 1. The lowest BCUT2D eigenvalue weighted by Crippen LogP contribution is -2.31. The highest BCUT2D eigenvalue weighted by Crippen LogP contribution is 2.34. The molecule has 7 heteroatoms. The first-order valence-electron chi connectivity index (χ1n) is 10.5. The summed E-state index contributed by atoms with van der Waals surface area (Å²) in [6, 6.07) is 11.9. The molecule has 1 aromatic heterocycles. The number of carbonyl (C=O) groups excluding carboxylic acids is 2. The predicted molar refractivity (Wildman–Crippen MR) is 120 cm³/mol. The Morgan fingerprint density at radius 3 is 2.77 bits per heavy atom. The number of fused-ring (bicyclic) bond motifs is 2. The number of nitrogens with one attached hydrogen (secondary N) is 2. The minimum atomic E-state index is -0.372. The van der Waals surface area contributed by atoms with Gasteiger partial charge in [0.15, 0.2) is 6.73 Å². The van der Waals surface area contributed by atoms with Crippen molar-refractivity contribution in [2.75, 3.05) is 5.32 Å². The van der Waals surface area contributed by atoms with E-state index in [0.29, 0.717) is 5.69 Å². The van der Waals surface area contributed by atoms with Gasteiger partial charge in [0, 0.05) is 12.3 Å². The first-order valence-corrected chi connectivity index (χ1v) is 10.5. The van der Waals surface area contributed by atoms with Crippen LogP contribution in [0, 0.1) is 0 Å². The van der Waals surface area contributed by atoms with Gasteiger partial charge in [0.25, 0.3) is 0 Å². The topological polar surface area (TPSA) is 85.2 Å². The molecule has 4 rings (SSSR count). The Labute approximate surface area is 181 Å². The van der Waals surface area contributed by atoms with Crippen molar-refractivity contribution >= 4 is 28.6 Å². The maximum Gasteiger partial charge on any atom is 0.319 e. The summed E-state index contributed by atoms with van der Waals surface area (Å²) < 4.78 is 6.61. The van der Waals surface area contributed by atoms with E-state index >= 15 is 0 Å². The van der Waals surface area contributed by atoms with Crippen LogP contribution in [0.3, 0.4) is 0 Å². The van der Waals surface area contributed by atoms with E-state index < -0.39 is 0 Å². The Kier molecular flexibility index (Phi) is 5.43. The standard InChI is InChI=1S/C24H28N4O3/c1-15(29)31-14-28-22-7-5-6-20(19(22)13-25-28)26-23(30)27-21-11-8-16-12-17(24(2,3)4)9-10-18(16)21/h5-7,9-10,12-13,21H,8,11,14H2,1-4H3,(H2,26,27,30)/t21-/m1/s1. The Bertz CT molecular complexity index is 1140. The van der Waals surface area contributed by atoms with Gasteiger partial charge in [-0.25, -0.2) is 9.48 Å². The number of hydrogen-bond donors (Lipinski definition) is 2. The second kappa shape index (κ2) is 8.06. The van der Waals surface area contributed by atoms with Crippen molar-refractivity contribution in [3.8, 4) is 0 Å². The summed E-state index contributed by atoms with van der Waals surface area (Å²) in [5.41, 5.74) is 5.36. The SMILES string of the molecule is CC(=O)OCn1ncc2c(NC(=O)N[C@@H]3CCc4cc(C(C)(C)C)ccc43)cccc21. The molecule has 7 nitrogen and oxygen atoms in total. The van der Waals surface area contributed by atoms with Crippen LogP contribution in [0.2, 0.25) is 0 Å². The van der Waals surface area contributed by atoms with Crippen molar-refractivity contribution < 1.29 is 14.3 Å². The molecule has 0 saturated carbocycles. The second-order valence-corrected chi connectivity index (χ2v) is 9.00. The van der Waals surface area contributed by atoms with Crippen LogP contribution in [0.5, 0.6) is 0 Å². The lowest BCUT2D eigenvalue weighted by molar-refractivity contribution is -0.144. The van der Waals surface area contributed by atoms with Crippen LogP contribution in [0.15, 0.2) is 42.6 Å². The third-order valence-electron chi connectivity index (χ3n) is 5.72. The molecule has 0 bridgehead atoms. The number of ether oxygens (including phenoxy) is 1. The van der Waals surface area contributed by atoms with E-state index in [0.717, 1.165) is 23.7 Å². The zero-order valence-corrected chi connectivity index (χ0v) is 18.4. The number of rotatable bonds is 4. The molecule has 3 aromatic rings. The van der Waals surface area contributed by atoms with E-state index in [9.17, 15) is 9.59 Å². The first-order chi connectivity index (χ1) is 14.7. The quantitative estimate of drug-likeness (QED) is 0.601. The van der Waals surface area contributed by atoms with Gasteiger partial charge in [-0.05, 0) is 47.1 Å². The summed E-state index contributed by atoms with van der Waals surface area (Å²) in [5.74, 6) is -0.372. The third kappa shape index (κ3) is 4.40. The average Bonchev–Trinajstić information content (AvgIpc) is 3.30. The normalized spacial score (nSPS) is 15.5. The molecule has 0 unspecified atom stereocenters. The molecule has 0 fully saturated rings. The molecule has 0 spiro atoms. The van der Waals surface area contributed by atoms with Crippen molar-refractivity contribution in [1.29, 1.82) is 0 Å². The second-order valence-electron chi connectivity index (χ2n) is 9.00. The number of hydrogen-bond acceptors (Lipinski definition) is 4. The molecule has 2 aromatic carbocycles. The van der Waals surface area contributed by atoms with Crippen molar-refractivity contribution in [1.82, 2.24) is 15.1 Å². The summed E-state index contributed by atoms with van der Waals surface area (Å²) in [6.07, 6.45) is 3.51. The van der Waals surface area contributed by atoms with Gasteiger partial charge >= 0.3 is 12.0 Å². The van der Waals surface area contributed by atoms with Gasteiger partial charge in [-0.3, -0.25) is 4.79 Å². The minimum Gasteiger partial charge on any atom is -0.443 e. The maximum atomic E-state index is 12.8. The van der Waals surface area contributed by atoms with E-state index in [1.165, 1.54) is 23.6 Å². The molecule has 1 aliphatic rings. The van der Waals surface area contributed by atoms with Crippen LogP contribution in [-0.4, -0.2) is 21.8 Å². The largest absolute Gasteiger partial charge is 0.443 e. The van der Waals surface area contributed by atoms with Gasteiger partial charge in [-0.1, -0.05) is 45.0 Å². The summed E-state index contributed by atoms with van der Waals surface area (Å²) >= 11 is 0. The van der Waals surface area contributed by atoms with E-state index in [1.54, 1.807) is 10.9 Å². The highest BCUT2D eigenvalue weighted by Gasteiger charge is 2.26. The molecule has 162 valence electrons. The fourth-order valence-electron chi connectivity index (χ4n) is 4.02. The number of urea groups is 1. The number of nitrogens with zero attached hydrogens (tertiary/aromatic N) is 2. The summed E-state index contributed by atoms with van der Waals surface area (Å²) in [7, 11) is 0. The Morgan fingerprint density at radius 1 is 1.23 bits per heavy atom. The van der Waals surface area contributed by atoms with E-state index in [4.69, 9.17) is 4.74 Å². The van der Waals surface area contributed by atoms with Crippen LogP contribution in [0.25, 0.3) is 10.9 Å². The lowest BCUT2D eigenvalue weighted by Gasteiger charge is -2.21. The zero-order valence-electron chi connectivity index (χ0n) is 18.4. The van der Waals surface area contributed by atoms with Gasteiger partial charge < -0.3 is 15.4 Å². The number of anilines is 1. The summed E-state index contributed by atoms with van der Waals surface area (Å²) in [5, 5.41) is 11.1. The first kappa shape index (κ1) is 20.9. The Balaban J connectivity index is 1.47. The van der Waals surface area contributed by atoms with Crippen LogP contribution < -0.4 is 10.6 Å². The van der Waals surface area contributed by atoms with E-state index in [2.05, 4.69) is 54.7 Å². The summed E-state index contributed by atoms with van der Waals surface area (Å²) in [4.78, 5) is 23.8. The van der Waals surface area contributed by atoms with E-state index in [1.807, 2.05) is 18.2 Å². The molecule has 2 amide bonds. The van der Waals surface area contributed by atoms with E-state index in [-0.39, 0.29) is 30.2 Å². The molecule has 1 heterocycles. The predicted octanol–water partition coefficient (Wildman–Crippen LogP) is 4.66. The number of aromatic nitrogens is 2.